The maximum atomic E-state index is 12.2. The van der Waals surface area contributed by atoms with Gasteiger partial charge in [0, 0.05) is 5.92 Å². The summed E-state index contributed by atoms with van der Waals surface area (Å²) < 4.78 is 4.99. The smallest absolute Gasteiger partial charge is 0.414 e. The maximum absolute atomic E-state index is 12.2. The topological polar surface area (TPSA) is 29.5 Å². The molecular formula is C18H19NO2. The maximum Gasteiger partial charge on any atom is 0.414 e. The van der Waals surface area contributed by atoms with E-state index in [9.17, 15) is 4.79 Å². The molecule has 21 heavy (non-hydrogen) atoms. The van der Waals surface area contributed by atoms with E-state index in [1.807, 2.05) is 36.4 Å². The highest BCUT2D eigenvalue weighted by molar-refractivity contribution is 5.92. The summed E-state index contributed by atoms with van der Waals surface area (Å²) in [6.45, 7) is 2.11. The number of hydrogen-bond acceptors (Lipinski definition) is 2. The molecule has 2 aromatic carbocycles. The number of amides is 1. The second-order valence-electron chi connectivity index (χ2n) is 5.26. The number of nitrogens with zero attached hydrogens (tertiary/aromatic N) is 1. The first-order chi connectivity index (χ1) is 10.3. The molecule has 0 unspecified atom stereocenters. The van der Waals surface area contributed by atoms with Crippen molar-refractivity contribution in [3.8, 4) is 0 Å². The Balaban J connectivity index is 2.14. The van der Waals surface area contributed by atoms with Crippen molar-refractivity contribution in [1.82, 2.24) is 0 Å². The molecule has 2 aromatic rings. The molecule has 0 spiro atoms. The SMILES string of the molecule is CC[C@@H]1[C@@H](c2ccccc2)c2ccccc2N1C(=O)OC. The number of carbonyl (C=O) groups is 1. The molecule has 108 valence electrons. The molecule has 3 nitrogen and oxygen atoms in total. The van der Waals surface area contributed by atoms with Gasteiger partial charge in [-0.2, -0.15) is 0 Å². The minimum atomic E-state index is -0.285. The summed E-state index contributed by atoms with van der Waals surface area (Å²) in [6, 6.07) is 18.6. The van der Waals surface area contributed by atoms with Crippen molar-refractivity contribution in [2.24, 2.45) is 0 Å². The van der Waals surface area contributed by atoms with Crippen LogP contribution in [0.2, 0.25) is 0 Å². The standard InChI is InChI=1S/C18H19NO2/c1-3-15-17(13-9-5-4-6-10-13)14-11-7-8-12-16(14)19(15)18(20)21-2/h4-12,15,17H,3H2,1-2H3/t15-,17+/m1/s1. The van der Waals surface area contributed by atoms with E-state index in [1.54, 1.807) is 4.90 Å². The fraction of sp³-hybridized carbons (Fsp3) is 0.278. The van der Waals surface area contributed by atoms with Crippen LogP contribution in [-0.2, 0) is 4.74 Å². The summed E-state index contributed by atoms with van der Waals surface area (Å²) in [4.78, 5) is 14.0. The van der Waals surface area contributed by atoms with Gasteiger partial charge < -0.3 is 4.74 Å². The summed E-state index contributed by atoms with van der Waals surface area (Å²) in [5.74, 6) is 0.200. The van der Waals surface area contributed by atoms with E-state index >= 15 is 0 Å². The van der Waals surface area contributed by atoms with Crippen LogP contribution in [0.3, 0.4) is 0 Å². The molecule has 0 saturated carbocycles. The highest BCUT2D eigenvalue weighted by atomic mass is 16.5. The van der Waals surface area contributed by atoms with Gasteiger partial charge in [0.1, 0.15) is 0 Å². The lowest BCUT2D eigenvalue weighted by Gasteiger charge is -2.26. The van der Waals surface area contributed by atoms with E-state index < -0.39 is 0 Å². The lowest BCUT2D eigenvalue weighted by Crippen LogP contribution is -2.39. The number of rotatable bonds is 2. The van der Waals surface area contributed by atoms with E-state index in [0.717, 1.165) is 12.1 Å². The molecule has 1 heterocycles. The van der Waals surface area contributed by atoms with Crippen molar-refractivity contribution in [2.45, 2.75) is 25.3 Å². The summed E-state index contributed by atoms with van der Waals surface area (Å²) in [7, 11) is 1.44. The molecule has 0 bridgehead atoms. The van der Waals surface area contributed by atoms with Crippen LogP contribution >= 0.6 is 0 Å². The molecule has 0 aromatic heterocycles. The van der Waals surface area contributed by atoms with Crippen molar-refractivity contribution in [1.29, 1.82) is 0 Å². The van der Waals surface area contributed by atoms with E-state index in [2.05, 4.69) is 25.1 Å². The first kappa shape index (κ1) is 13.7. The minimum Gasteiger partial charge on any atom is -0.452 e. The number of hydrogen-bond donors (Lipinski definition) is 0. The monoisotopic (exact) mass is 281 g/mol. The first-order valence-electron chi connectivity index (χ1n) is 7.29. The Kier molecular flexibility index (Phi) is 3.65. The third-order valence-corrected chi connectivity index (χ3v) is 4.20. The van der Waals surface area contributed by atoms with Gasteiger partial charge in [0.2, 0.25) is 0 Å². The zero-order valence-electron chi connectivity index (χ0n) is 12.3. The zero-order valence-corrected chi connectivity index (χ0v) is 12.3. The van der Waals surface area contributed by atoms with Crippen LogP contribution in [0.1, 0.15) is 30.4 Å². The van der Waals surface area contributed by atoms with E-state index in [0.29, 0.717) is 0 Å². The van der Waals surface area contributed by atoms with Gasteiger partial charge >= 0.3 is 6.09 Å². The molecule has 1 aliphatic heterocycles. The summed E-state index contributed by atoms with van der Waals surface area (Å²) >= 11 is 0. The van der Waals surface area contributed by atoms with Crippen molar-refractivity contribution in [3.05, 3.63) is 65.7 Å². The Labute approximate surface area is 125 Å². The van der Waals surface area contributed by atoms with Crippen molar-refractivity contribution in [2.75, 3.05) is 12.0 Å². The highest BCUT2D eigenvalue weighted by Gasteiger charge is 2.41. The number of fused-ring (bicyclic) bond motifs is 1. The van der Waals surface area contributed by atoms with Gasteiger partial charge in [-0.05, 0) is 23.6 Å². The number of benzene rings is 2. The lowest BCUT2D eigenvalue weighted by molar-refractivity contribution is 0.176. The van der Waals surface area contributed by atoms with Gasteiger partial charge in [-0.25, -0.2) is 4.79 Å². The molecule has 0 fully saturated rings. The summed E-state index contributed by atoms with van der Waals surface area (Å²) in [5.41, 5.74) is 3.40. The largest absolute Gasteiger partial charge is 0.452 e. The average Bonchev–Trinajstić information content (AvgIpc) is 2.89. The van der Waals surface area contributed by atoms with Crippen molar-refractivity contribution < 1.29 is 9.53 Å². The normalized spacial score (nSPS) is 20.2. The van der Waals surface area contributed by atoms with Gasteiger partial charge in [0.05, 0.1) is 18.8 Å². The van der Waals surface area contributed by atoms with Crippen LogP contribution in [0.15, 0.2) is 54.6 Å². The Hall–Kier alpha value is -2.29. The van der Waals surface area contributed by atoms with Gasteiger partial charge in [-0.1, -0.05) is 55.5 Å². The number of para-hydroxylation sites is 1. The Morgan fingerprint density at radius 2 is 1.76 bits per heavy atom. The number of anilines is 1. The fourth-order valence-electron chi connectivity index (χ4n) is 3.32. The van der Waals surface area contributed by atoms with Crippen LogP contribution in [0.4, 0.5) is 10.5 Å². The van der Waals surface area contributed by atoms with Crippen LogP contribution in [0, 0.1) is 0 Å². The predicted octanol–water partition coefficient (Wildman–Crippen LogP) is 4.18. The molecule has 3 rings (SSSR count). The number of carbonyl (C=O) groups excluding carboxylic acids is 1. The molecule has 1 aliphatic rings. The number of ether oxygens (including phenoxy) is 1. The Morgan fingerprint density at radius 3 is 2.43 bits per heavy atom. The third-order valence-electron chi connectivity index (χ3n) is 4.20. The third kappa shape index (κ3) is 2.19. The molecule has 1 amide bonds. The van der Waals surface area contributed by atoms with Gasteiger partial charge in [0.25, 0.3) is 0 Å². The molecule has 3 heteroatoms. The van der Waals surface area contributed by atoms with Crippen molar-refractivity contribution >= 4 is 11.8 Å². The molecule has 2 atom stereocenters. The van der Waals surface area contributed by atoms with Crippen molar-refractivity contribution in [3.63, 3.8) is 0 Å². The van der Waals surface area contributed by atoms with Crippen LogP contribution in [0.25, 0.3) is 0 Å². The average molecular weight is 281 g/mol. The van der Waals surface area contributed by atoms with E-state index in [1.165, 1.54) is 18.2 Å². The second-order valence-corrected chi connectivity index (χ2v) is 5.26. The summed E-state index contributed by atoms with van der Waals surface area (Å²) in [5, 5.41) is 0. The van der Waals surface area contributed by atoms with Crippen LogP contribution < -0.4 is 4.90 Å². The van der Waals surface area contributed by atoms with Gasteiger partial charge in [-0.3, -0.25) is 4.90 Å². The fourth-order valence-corrected chi connectivity index (χ4v) is 3.32. The minimum absolute atomic E-state index is 0.0947. The van der Waals surface area contributed by atoms with Crippen LogP contribution in [-0.4, -0.2) is 19.2 Å². The van der Waals surface area contributed by atoms with Gasteiger partial charge in [-0.15, -0.1) is 0 Å². The highest BCUT2D eigenvalue weighted by Crippen LogP contribution is 2.45. The Morgan fingerprint density at radius 1 is 1.10 bits per heavy atom. The quantitative estimate of drug-likeness (QED) is 0.826. The summed E-state index contributed by atoms with van der Waals surface area (Å²) in [6.07, 6.45) is 0.594. The zero-order chi connectivity index (χ0) is 14.8. The predicted molar refractivity (Wildman–Crippen MR) is 83.7 cm³/mol. The van der Waals surface area contributed by atoms with Crippen LogP contribution in [0.5, 0.6) is 0 Å². The second kappa shape index (κ2) is 5.60. The first-order valence-corrected chi connectivity index (χ1v) is 7.29. The molecule has 0 radical (unpaired) electrons. The molecule has 0 aliphatic carbocycles. The van der Waals surface area contributed by atoms with E-state index in [-0.39, 0.29) is 18.1 Å². The molecular weight excluding hydrogens is 262 g/mol. The number of methoxy groups -OCH3 is 1. The van der Waals surface area contributed by atoms with Gasteiger partial charge in [0.15, 0.2) is 0 Å². The molecule has 0 saturated heterocycles. The lowest BCUT2D eigenvalue weighted by atomic mass is 9.87. The van der Waals surface area contributed by atoms with E-state index in [4.69, 9.17) is 4.74 Å². The molecule has 0 N–H and O–H groups in total. The Bertz CT molecular complexity index is 639.